The van der Waals surface area contributed by atoms with Crippen molar-refractivity contribution >= 4 is 11.6 Å². The molecule has 1 aromatic rings. The Morgan fingerprint density at radius 2 is 2.06 bits per heavy atom. The van der Waals surface area contributed by atoms with Crippen LogP contribution < -0.4 is 5.32 Å². The van der Waals surface area contributed by atoms with Crippen molar-refractivity contribution in [3.63, 3.8) is 0 Å². The van der Waals surface area contributed by atoms with Gasteiger partial charge in [-0.2, -0.15) is 0 Å². The van der Waals surface area contributed by atoms with Crippen molar-refractivity contribution in [1.82, 2.24) is 5.32 Å². The van der Waals surface area contributed by atoms with E-state index in [-0.39, 0.29) is 0 Å². The first-order valence-electron chi connectivity index (χ1n) is 6.35. The van der Waals surface area contributed by atoms with E-state index >= 15 is 0 Å². The quantitative estimate of drug-likeness (QED) is 0.853. The van der Waals surface area contributed by atoms with E-state index in [2.05, 4.69) is 5.32 Å². The zero-order valence-corrected chi connectivity index (χ0v) is 10.7. The summed E-state index contributed by atoms with van der Waals surface area (Å²) in [6.07, 6.45) is 4.93. The molecule has 1 aromatic heterocycles. The third-order valence-electron chi connectivity index (χ3n) is 3.64. The molecule has 2 unspecified atom stereocenters. The minimum absolute atomic E-state index is 0.318. The van der Waals surface area contributed by atoms with Gasteiger partial charge in [-0.15, -0.1) is 0 Å². The molecule has 1 fully saturated rings. The maximum atomic E-state index is 9.32. The van der Waals surface area contributed by atoms with Crippen LogP contribution in [0.15, 0.2) is 16.5 Å². The Hall–Kier alpha value is -0.510. The molecule has 1 saturated carbocycles. The van der Waals surface area contributed by atoms with Crippen LogP contribution in [0, 0.1) is 11.8 Å². The first-order chi connectivity index (χ1) is 8.29. The van der Waals surface area contributed by atoms with Crippen LogP contribution in [0.5, 0.6) is 0 Å². The second-order valence-corrected chi connectivity index (χ2v) is 5.20. The summed E-state index contributed by atoms with van der Waals surface area (Å²) in [5.74, 6) is 1.93. The molecule has 0 aromatic carbocycles. The molecule has 2 rings (SSSR count). The van der Waals surface area contributed by atoms with Gasteiger partial charge in [0.2, 0.25) is 0 Å². The van der Waals surface area contributed by atoms with Crippen molar-refractivity contribution in [2.45, 2.75) is 32.2 Å². The van der Waals surface area contributed by atoms with Crippen LogP contribution in [-0.2, 0) is 6.54 Å². The standard InChI is InChI=1S/C13H20ClNO2/c14-13-6-5-12(17-13)8-15-7-10-3-1-2-4-11(10)9-16/h5-6,10-11,15-16H,1-4,7-9H2. The summed E-state index contributed by atoms with van der Waals surface area (Å²) in [6, 6.07) is 3.65. The van der Waals surface area contributed by atoms with Crippen LogP contribution in [0.2, 0.25) is 5.22 Å². The molecule has 0 radical (unpaired) electrons. The fraction of sp³-hybridized carbons (Fsp3) is 0.692. The lowest BCUT2D eigenvalue weighted by molar-refractivity contribution is 0.132. The highest BCUT2D eigenvalue weighted by atomic mass is 35.5. The summed E-state index contributed by atoms with van der Waals surface area (Å²) < 4.78 is 5.28. The van der Waals surface area contributed by atoms with Gasteiger partial charge in [0.05, 0.1) is 6.54 Å². The number of halogens is 1. The Morgan fingerprint density at radius 1 is 1.29 bits per heavy atom. The van der Waals surface area contributed by atoms with Gasteiger partial charge in [0.1, 0.15) is 5.76 Å². The number of hydrogen-bond donors (Lipinski definition) is 2. The van der Waals surface area contributed by atoms with Crippen molar-refractivity contribution < 1.29 is 9.52 Å². The van der Waals surface area contributed by atoms with E-state index in [4.69, 9.17) is 16.0 Å². The molecule has 96 valence electrons. The zero-order chi connectivity index (χ0) is 12.1. The van der Waals surface area contributed by atoms with Crippen molar-refractivity contribution in [3.05, 3.63) is 23.1 Å². The van der Waals surface area contributed by atoms with Crippen molar-refractivity contribution in [2.75, 3.05) is 13.2 Å². The maximum Gasteiger partial charge on any atom is 0.193 e. The molecule has 3 nitrogen and oxygen atoms in total. The van der Waals surface area contributed by atoms with Gasteiger partial charge in [-0.25, -0.2) is 0 Å². The fourth-order valence-electron chi connectivity index (χ4n) is 2.62. The number of rotatable bonds is 5. The highest BCUT2D eigenvalue weighted by Gasteiger charge is 2.23. The third kappa shape index (κ3) is 3.73. The fourth-order valence-corrected chi connectivity index (χ4v) is 2.78. The highest BCUT2D eigenvalue weighted by molar-refractivity contribution is 6.28. The Labute approximate surface area is 107 Å². The second kappa shape index (κ2) is 6.43. The lowest BCUT2D eigenvalue weighted by Crippen LogP contribution is -2.32. The van der Waals surface area contributed by atoms with E-state index in [1.54, 1.807) is 6.07 Å². The highest BCUT2D eigenvalue weighted by Crippen LogP contribution is 2.29. The molecule has 4 heteroatoms. The van der Waals surface area contributed by atoms with Gasteiger partial charge in [0.15, 0.2) is 5.22 Å². The van der Waals surface area contributed by atoms with Gasteiger partial charge < -0.3 is 14.8 Å². The van der Waals surface area contributed by atoms with Crippen molar-refractivity contribution in [3.8, 4) is 0 Å². The molecule has 0 saturated heterocycles. The van der Waals surface area contributed by atoms with Crippen LogP contribution in [0.4, 0.5) is 0 Å². The van der Waals surface area contributed by atoms with Gasteiger partial charge in [0, 0.05) is 6.61 Å². The molecule has 1 heterocycles. The second-order valence-electron chi connectivity index (χ2n) is 4.82. The Morgan fingerprint density at radius 3 is 2.71 bits per heavy atom. The zero-order valence-electron chi connectivity index (χ0n) is 9.99. The molecule has 0 spiro atoms. The van der Waals surface area contributed by atoms with Gasteiger partial charge >= 0.3 is 0 Å². The van der Waals surface area contributed by atoms with Crippen LogP contribution in [0.25, 0.3) is 0 Å². The van der Waals surface area contributed by atoms with Gasteiger partial charge in [0.25, 0.3) is 0 Å². The number of furan rings is 1. The summed E-state index contributed by atoms with van der Waals surface area (Å²) in [4.78, 5) is 0. The largest absolute Gasteiger partial charge is 0.448 e. The minimum atomic E-state index is 0.318. The summed E-state index contributed by atoms with van der Waals surface area (Å²) in [6.45, 7) is 1.98. The van der Waals surface area contributed by atoms with Crippen LogP contribution in [0.1, 0.15) is 31.4 Å². The molecule has 1 aliphatic carbocycles. The number of aliphatic hydroxyl groups is 1. The van der Waals surface area contributed by atoms with E-state index < -0.39 is 0 Å². The summed E-state index contributed by atoms with van der Waals surface area (Å²) in [7, 11) is 0. The predicted octanol–water partition coefficient (Wildman–Crippen LogP) is 2.82. The van der Waals surface area contributed by atoms with Crippen LogP contribution in [0.3, 0.4) is 0 Å². The Kier molecular flexibility index (Phi) is 4.89. The van der Waals surface area contributed by atoms with E-state index in [0.29, 0.717) is 30.2 Å². The topological polar surface area (TPSA) is 45.4 Å². The smallest absolute Gasteiger partial charge is 0.193 e. The van der Waals surface area contributed by atoms with Crippen molar-refractivity contribution in [2.24, 2.45) is 11.8 Å². The van der Waals surface area contributed by atoms with E-state index in [9.17, 15) is 5.11 Å². The number of nitrogens with one attached hydrogen (secondary N) is 1. The van der Waals surface area contributed by atoms with Gasteiger partial charge in [-0.05, 0) is 55.0 Å². The first kappa shape index (κ1) is 12.9. The molecule has 17 heavy (non-hydrogen) atoms. The minimum Gasteiger partial charge on any atom is -0.448 e. The summed E-state index contributed by atoms with van der Waals surface area (Å²) >= 11 is 5.71. The van der Waals surface area contributed by atoms with Gasteiger partial charge in [-0.3, -0.25) is 0 Å². The number of hydrogen-bond acceptors (Lipinski definition) is 3. The lowest BCUT2D eigenvalue weighted by atomic mass is 9.79. The van der Waals surface area contributed by atoms with Crippen LogP contribution in [-0.4, -0.2) is 18.3 Å². The van der Waals surface area contributed by atoms with Crippen LogP contribution >= 0.6 is 11.6 Å². The molecule has 1 aliphatic rings. The lowest BCUT2D eigenvalue weighted by Gasteiger charge is -2.30. The molecule has 2 N–H and O–H groups in total. The maximum absolute atomic E-state index is 9.32. The monoisotopic (exact) mass is 257 g/mol. The average molecular weight is 258 g/mol. The average Bonchev–Trinajstić information content (AvgIpc) is 2.76. The Bertz CT molecular complexity index is 340. The van der Waals surface area contributed by atoms with Crippen molar-refractivity contribution in [1.29, 1.82) is 0 Å². The molecule has 0 bridgehead atoms. The number of aliphatic hydroxyl groups excluding tert-OH is 1. The molecule has 0 amide bonds. The van der Waals surface area contributed by atoms with Gasteiger partial charge in [-0.1, -0.05) is 12.8 Å². The van der Waals surface area contributed by atoms with E-state index in [0.717, 1.165) is 18.7 Å². The SMILES string of the molecule is OCC1CCCCC1CNCc1ccc(Cl)o1. The summed E-state index contributed by atoms with van der Waals surface area (Å²) in [5.41, 5.74) is 0. The summed E-state index contributed by atoms with van der Waals surface area (Å²) in [5, 5.41) is 13.1. The van der Waals surface area contributed by atoms with E-state index in [1.165, 1.54) is 19.3 Å². The van der Waals surface area contributed by atoms with E-state index in [1.807, 2.05) is 6.07 Å². The molecular weight excluding hydrogens is 238 g/mol. The first-order valence-corrected chi connectivity index (χ1v) is 6.73. The molecule has 0 aliphatic heterocycles. The predicted molar refractivity (Wildman–Crippen MR) is 68.0 cm³/mol. The molecular formula is C13H20ClNO2. The normalized spacial score (nSPS) is 25.1. The Balaban J connectivity index is 1.73. The molecule has 2 atom stereocenters. The third-order valence-corrected chi connectivity index (χ3v) is 3.84.